The summed E-state index contributed by atoms with van der Waals surface area (Å²) in [6, 6.07) is 0. The first kappa shape index (κ1) is 39.0. The van der Waals surface area contributed by atoms with Crippen LogP contribution >= 0.6 is 0 Å². The Morgan fingerprint density at radius 1 is 0.881 bits per heavy atom. The molecule has 1 N–H and O–H groups in total. The lowest BCUT2D eigenvalue weighted by Gasteiger charge is -2.55. The number of rotatable bonds is 11. The van der Waals surface area contributed by atoms with Crippen LogP contribution in [-0.4, -0.2) is 23.1 Å². The van der Waals surface area contributed by atoms with Crippen molar-refractivity contribution in [1.29, 1.82) is 0 Å². The van der Waals surface area contributed by atoms with Crippen LogP contribution in [0.25, 0.3) is 0 Å². The minimum Gasteiger partial charge on any atom is -0.481 e. The summed E-state index contributed by atoms with van der Waals surface area (Å²) in [5, 5.41) is 9.24. The van der Waals surface area contributed by atoms with E-state index in [-0.39, 0.29) is 18.5 Å². The fourth-order valence-corrected chi connectivity index (χ4v) is 9.63. The molecule has 0 aliphatic heterocycles. The third kappa shape index (κ3) is 9.72. The molecule has 0 radical (unpaired) electrons. The molecule has 0 heterocycles. The van der Waals surface area contributed by atoms with Gasteiger partial charge in [-0.1, -0.05) is 89.0 Å². The molecule has 0 aromatic rings. The summed E-state index contributed by atoms with van der Waals surface area (Å²) < 4.78 is 6.10. The van der Waals surface area contributed by atoms with Crippen molar-refractivity contribution in [2.45, 2.75) is 180 Å². The molecule has 0 saturated heterocycles. The van der Waals surface area contributed by atoms with E-state index < -0.39 is 16.8 Å². The van der Waals surface area contributed by atoms with E-state index in [0.29, 0.717) is 17.3 Å². The number of aliphatic carboxylic acids is 1. The molecule has 4 nitrogen and oxygen atoms in total. The highest BCUT2D eigenvalue weighted by atomic mass is 16.5. The van der Waals surface area contributed by atoms with Gasteiger partial charge in [-0.25, -0.2) is 0 Å². The van der Waals surface area contributed by atoms with Crippen LogP contribution in [0.2, 0.25) is 0 Å². The summed E-state index contributed by atoms with van der Waals surface area (Å²) in [6.07, 6.45) is 14.5. The minimum absolute atomic E-state index is 0.00161. The molecule has 0 bridgehead atoms. The zero-order chi connectivity index (χ0) is 32.5. The first-order valence-electron chi connectivity index (χ1n) is 18.0. The van der Waals surface area contributed by atoms with Gasteiger partial charge in [-0.05, 0) is 124 Å². The first-order valence-corrected chi connectivity index (χ1v) is 18.0. The smallest absolute Gasteiger partial charge is 0.311 e. The number of carbonyl (C=O) groups excluding carboxylic acids is 1. The fourth-order valence-electron chi connectivity index (χ4n) is 9.63. The van der Waals surface area contributed by atoms with Crippen LogP contribution in [0.15, 0.2) is 0 Å². The summed E-state index contributed by atoms with van der Waals surface area (Å²) in [7, 11) is 0. The van der Waals surface area contributed by atoms with Gasteiger partial charge in [0, 0.05) is 0 Å². The molecule has 248 valence electrons. The number of carbonyl (C=O) groups is 2. The number of carboxylic acid groups (broad SMARTS) is 1. The third-order valence-corrected chi connectivity index (χ3v) is 11.5. The zero-order valence-electron chi connectivity index (χ0n) is 30.3. The molecular formula is C38H72O4. The van der Waals surface area contributed by atoms with Crippen molar-refractivity contribution in [2.24, 2.45) is 51.2 Å². The predicted molar refractivity (Wildman–Crippen MR) is 178 cm³/mol. The fraction of sp³-hybridized carbons (Fsp3) is 0.947. The molecule has 3 rings (SSSR count). The Morgan fingerprint density at radius 3 is 1.95 bits per heavy atom. The lowest BCUT2D eigenvalue weighted by atomic mass is 9.50. The van der Waals surface area contributed by atoms with E-state index in [2.05, 4.69) is 34.6 Å². The van der Waals surface area contributed by atoms with Gasteiger partial charge in [-0.15, -0.1) is 0 Å². The van der Waals surface area contributed by atoms with Gasteiger partial charge in [-0.2, -0.15) is 0 Å². The summed E-state index contributed by atoms with van der Waals surface area (Å²) in [6.45, 7) is 28.1. The van der Waals surface area contributed by atoms with Crippen molar-refractivity contribution in [2.75, 3.05) is 0 Å². The zero-order valence-corrected chi connectivity index (χ0v) is 30.3. The highest BCUT2D eigenvalue weighted by Gasteiger charge is 2.56. The van der Waals surface area contributed by atoms with Crippen LogP contribution in [0.1, 0.15) is 173 Å². The van der Waals surface area contributed by atoms with Crippen molar-refractivity contribution in [3.05, 3.63) is 0 Å². The molecule has 3 aliphatic carbocycles. The Kier molecular flexibility index (Phi) is 15.1. The Balaban J connectivity index is 0.00000211. The summed E-state index contributed by atoms with van der Waals surface area (Å²) in [5.41, 5.74) is -0.247. The monoisotopic (exact) mass is 593 g/mol. The van der Waals surface area contributed by atoms with Gasteiger partial charge in [0.1, 0.15) is 6.10 Å². The van der Waals surface area contributed by atoms with Gasteiger partial charge < -0.3 is 9.84 Å². The van der Waals surface area contributed by atoms with E-state index in [4.69, 9.17) is 4.74 Å². The summed E-state index contributed by atoms with van der Waals surface area (Å²) >= 11 is 0. The topological polar surface area (TPSA) is 63.6 Å². The average Bonchev–Trinajstić information content (AvgIpc) is 3.25. The molecule has 3 fully saturated rings. The second kappa shape index (κ2) is 16.3. The third-order valence-electron chi connectivity index (χ3n) is 11.5. The Labute approximate surface area is 261 Å². The van der Waals surface area contributed by atoms with Crippen LogP contribution < -0.4 is 0 Å². The van der Waals surface area contributed by atoms with E-state index in [1.165, 1.54) is 44.9 Å². The molecule has 4 heteroatoms. The molecule has 42 heavy (non-hydrogen) atoms. The number of esters is 1. The minimum atomic E-state index is -0.817. The van der Waals surface area contributed by atoms with Gasteiger partial charge in [0.2, 0.25) is 0 Å². The van der Waals surface area contributed by atoms with Crippen LogP contribution in [-0.2, 0) is 14.3 Å². The standard InChI is InChI=1S/C34H60O4.2C2H6/c1-10-26-27(17-20-34(9)24(12-11-23(2)3)13-14-28(26)34)33(8)18-15-25(16-19-33)38-30(37)32(6,7)22-31(4,5)21-29(35)36;2*1-2/h23-28H,10-22H2,1-9H3,(H,35,36);2*1-2H3. The molecule has 5 unspecified atom stereocenters. The number of hydrogen-bond acceptors (Lipinski definition) is 3. The molecule has 0 amide bonds. The molecule has 5 atom stereocenters. The SMILES string of the molecule is CC.CC.CCC1C(C2(C)CCC(OC(=O)C(C)(C)CC(C)(C)CC(=O)O)CC2)CCC2(C)C(CCC(C)C)CCC12. The van der Waals surface area contributed by atoms with Gasteiger partial charge in [0.25, 0.3) is 0 Å². The number of fused-ring (bicyclic) bond motifs is 1. The van der Waals surface area contributed by atoms with Crippen molar-refractivity contribution >= 4 is 11.9 Å². The Hall–Kier alpha value is -1.06. The molecule has 3 saturated carbocycles. The molecular weight excluding hydrogens is 520 g/mol. The molecule has 0 aromatic heterocycles. The molecule has 3 aliphatic rings. The maximum atomic E-state index is 13.2. The lowest BCUT2D eigenvalue weighted by Crippen LogP contribution is -2.48. The van der Waals surface area contributed by atoms with Gasteiger partial charge >= 0.3 is 11.9 Å². The largest absolute Gasteiger partial charge is 0.481 e. The lowest BCUT2D eigenvalue weighted by molar-refractivity contribution is -0.166. The van der Waals surface area contributed by atoms with Crippen LogP contribution in [0.4, 0.5) is 0 Å². The van der Waals surface area contributed by atoms with Crippen molar-refractivity contribution in [3.8, 4) is 0 Å². The number of ether oxygens (including phenoxy) is 1. The van der Waals surface area contributed by atoms with Crippen LogP contribution in [0.5, 0.6) is 0 Å². The first-order chi connectivity index (χ1) is 19.5. The Morgan fingerprint density at radius 2 is 1.45 bits per heavy atom. The van der Waals surface area contributed by atoms with Gasteiger partial charge in [-0.3, -0.25) is 9.59 Å². The Bertz CT molecular complexity index is 819. The normalized spacial score (nSPS) is 33.0. The van der Waals surface area contributed by atoms with Crippen LogP contribution in [0.3, 0.4) is 0 Å². The average molecular weight is 593 g/mol. The summed E-state index contributed by atoms with van der Waals surface area (Å²) in [5.74, 6) is 3.24. The highest BCUT2D eigenvalue weighted by Crippen LogP contribution is 2.64. The van der Waals surface area contributed by atoms with Crippen molar-refractivity contribution < 1.29 is 19.4 Å². The van der Waals surface area contributed by atoms with Gasteiger partial charge in [0.15, 0.2) is 0 Å². The quantitative estimate of drug-likeness (QED) is 0.242. The van der Waals surface area contributed by atoms with Gasteiger partial charge in [0.05, 0.1) is 11.8 Å². The van der Waals surface area contributed by atoms with E-state index in [1.807, 2.05) is 55.4 Å². The second-order valence-electron chi connectivity index (χ2n) is 16.1. The molecule has 0 spiro atoms. The van der Waals surface area contributed by atoms with Crippen molar-refractivity contribution in [1.82, 2.24) is 0 Å². The second-order valence-corrected chi connectivity index (χ2v) is 16.1. The maximum absolute atomic E-state index is 13.2. The maximum Gasteiger partial charge on any atom is 0.311 e. The summed E-state index contributed by atoms with van der Waals surface area (Å²) in [4.78, 5) is 24.4. The highest BCUT2D eigenvalue weighted by molar-refractivity contribution is 5.76. The molecule has 0 aromatic carbocycles. The van der Waals surface area contributed by atoms with E-state index >= 15 is 0 Å². The van der Waals surface area contributed by atoms with E-state index in [1.54, 1.807) is 0 Å². The van der Waals surface area contributed by atoms with E-state index in [0.717, 1.165) is 55.3 Å². The van der Waals surface area contributed by atoms with Crippen molar-refractivity contribution in [3.63, 3.8) is 0 Å². The van der Waals surface area contributed by atoms with E-state index in [9.17, 15) is 14.7 Å². The number of hydrogen-bond donors (Lipinski definition) is 1. The predicted octanol–water partition coefficient (Wildman–Crippen LogP) is 11.4. The number of carboxylic acids is 1. The van der Waals surface area contributed by atoms with Crippen LogP contribution in [0, 0.1) is 51.2 Å².